The number of nitrogens with zero attached hydrogens (tertiary/aromatic N) is 2. The number of ether oxygens (including phenoxy) is 1. The Morgan fingerprint density at radius 1 is 1.41 bits per heavy atom. The predicted molar refractivity (Wildman–Crippen MR) is 86.9 cm³/mol. The highest BCUT2D eigenvalue weighted by molar-refractivity contribution is 5.86. The molecule has 0 fully saturated rings. The van der Waals surface area contributed by atoms with Gasteiger partial charge in [-0.15, -0.1) is 6.58 Å². The van der Waals surface area contributed by atoms with Crippen LogP contribution in [-0.2, 0) is 0 Å². The average molecular weight is 302 g/mol. The number of aryl methyl sites for hydroxylation is 1. The first-order valence-corrected chi connectivity index (χ1v) is 7.26. The Balaban J connectivity index is 0.00000116. The highest BCUT2D eigenvalue weighted by Gasteiger charge is 2.14. The number of carbonyl (C=O) groups is 1. The molecule has 1 N–H and O–H groups in total. The number of hydrogen-bond donors (Lipinski definition) is 1. The zero-order chi connectivity index (χ0) is 16.5. The summed E-state index contributed by atoms with van der Waals surface area (Å²) in [6.07, 6.45) is 2.54. The van der Waals surface area contributed by atoms with Crippen molar-refractivity contribution in [1.29, 1.82) is 0 Å². The van der Waals surface area contributed by atoms with E-state index in [-0.39, 0.29) is 5.69 Å². The summed E-state index contributed by atoms with van der Waals surface area (Å²) in [5.41, 5.74) is 1.44. The van der Waals surface area contributed by atoms with Gasteiger partial charge in [-0.2, -0.15) is 5.10 Å². The van der Waals surface area contributed by atoms with Crippen molar-refractivity contribution in [1.82, 2.24) is 9.78 Å². The molecule has 0 atom stereocenters. The fraction of sp³-hybridized carbons (Fsp3) is 0.294. The van der Waals surface area contributed by atoms with Crippen molar-refractivity contribution in [3.05, 3.63) is 54.4 Å². The second-order valence-electron chi connectivity index (χ2n) is 4.31. The number of carboxylic acids is 1. The van der Waals surface area contributed by atoms with E-state index in [1.165, 1.54) is 10.7 Å². The van der Waals surface area contributed by atoms with E-state index in [2.05, 4.69) is 11.7 Å². The first-order valence-electron chi connectivity index (χ1n) is 7.26. The van der Waals surface area contributed by atoms with Gasteiger partial charge in [-0.3, -0.25) is 0 Å². The lowest BCUT2D eigenvalue weighted by Crippen LogP contribution is -2.08. The summed E-state index contributed by atoms with van der Waals surface area (Å²) >= 11 is 0. The third-order valence-corrected chi connectivity index (χ3v) is 2.70. The van der Waals surface area contributed by atoms with E-state index in [1.54, 1.807) is 31.2 Å². The fourth-order valence-corrected chi connectivity index (χ4v) is 1.81. The molecule has 0 saturated carbocycles. The van der Waals surface area contributed by atoms with Crippen LogP contribution in [0.2, 0.25) is 0 Å². The molecule has 0 radical (unpaired) electrons. The molecule has 2 aromatic rings. The molecule has 0 aliphatic heterocycles. The van der Waals surface area contributed by atoms with Gasteiger partial charge in [0.05, 0.1) is 18.0 Å². The van der Waals surface area contributed by atoms with Gasteiger partial charge in [-0.25, -0.2) is 9.48 Å². The number of benzene rings is 1. The van der Waals surface area contributed by atoms with E-state index in [0.29, 0.717) is 23.7 Å². The van der Waals surface area contributed by atoms with E-state index >= 15 is 0 Å². The summed E-state index contributed by atoms with van der Waals surface area (Å²) in [5.74, 6) is -0.336. The highest BCUT2D eigenvalue weighted by atomic mass is 16.5. The molecule has 0 spiro atoms. The normalized spacial score (nSPS) is 9.59. The van der Waals surface area contributed by atoms with Crippen LogP contribution < -0.4 is 4.74 Å². The van der Waals surface area contributed by atoms with Crippen LogP contribution >= 0.6 is 0 Å². The predicted octanol–water partition coefficient (Wildman–Crippen LogP) is 3.86. The standard InChI is InChI=1S/C15H16N2O3.C2H6/c1-3-4-8-20-13-7-5-6-12(10-13)17-14(15(18)19)9-11(2)16-17;1-2/h3,5-7,9-10H,1,4,8H2,2H3,(H,18,19);1-2H3. The van der Waals surface area contributed by atoms with Crippen molar-refractivity contribution >= 4 is 5.97 Å². The molecule has 1 heterocycles. The van der Waals surface area contributed by atoms with Gasteiger partial charge in [0, 0.05) is 6.07 Å². The van der Waals surface area contributed by atoms with E-state index in [4.69, 9.17) is 4.74 Å². The molecule has 118 valence electrons. The third-order valence-electron chi connectivity index (χ3n) is 2.70. The van der Waals surface area contributed by atoms with Gasteiger partial charge >= 0.3 is 5.97 Å². The molecule has 5 heteroatoms. The van der Waals surface area contributed by atoms with Crippen LogP contribution in [0.1, 0.15) is 36.5 Å². The summed E-state index contributed by atoms with van der Waals surface area (Å²) in [7, 11) is 0. The van der Waals surface area contributed by atoms with Gasteiger partial charge in [0.25, 0.3) is 0 Å². The van der Waals surface area contributed by atoms with Crippen molar-refractivity contribution in [2.45, 2.75) is 27.2 Å². The Morgan fingerprint density at radius 2 is 2.14 bits per heavy atom. The molecule has 5 nitrogen and oxygen atoms in total. The Labute approximate surface area is 130 Å². The van der Waals surface area contributed by atoms with E-state index in [1.807, 2.05) is 19.9 Å². The van der Waals surface area contributed by atoms with Crippen LogP contribution in [0.4, 0.5) is 0 Å². The lowest BCUT2D eigenvalue weighted by Gasteiger charge is -2.08. The molecule has 0 saturated heterocycles. The smallest absolute Gasteiger partial charge is 0.354 e. The Morgan fingerprint density at radius 3 is 2.77 bits per heavy atom. The topological polar surface area (TPSA) is 64.4 Å². The SMILES string of the molecule is C=CCCOc1cccc(-n2nc(C)cc2C(=O)O)c1.CC. The number of carboxylic acid groups (broad SMARTS) is 1. The number of hydrogen-bond acceptors (Lipinski definition) is 3. The first kappa shape index (κ1) is 17.5. The van der Waals surface area contributed by atoms with Crippen molar-refractivity contribution in [3.63, 3.8) is 0 Å². The molecular formula is C17H22N2O3. The summed E-state index contributed by atoms with van der Waals surface area (Å²) < 4.78 is 6.96. The van der Waals surface area contributed by atoms with Gasteiger partial charge in [-0.05, 0) is 31.5 Å². The molecule has 22 heavy (non-hydrogen) atoms. The van der Waals surface area contributed by atoms with Gasteiger partial charge in [0.2, 0.25) is 0 Å². The van der Waals surface area contributed by atoms with Crippen molar-refractivity contribution in [2.24, 2.45) is 0 Å². The average Bonchev–Trinajstić information content (AvgIpc) is 2.92. The van der Waals surface area contributed by atoms with Gasteiger partial charge in [0.15, 0.2) is 5.69 Å². The molecule has 1 aromatic heterocycles. The summed E-state index contributed by atoms with van der Waals surface area (Å²) in [5, 5.41) is 13.4. The zero-order valence-corrected chi connectivity index (χ0v) is 13.2. The minimum atomic E-state index is -1.01. The van der Waals surface area contributed by atoms with E-state index < -0.39 is 5.97 Å². The number of aromatic carboxylic acids is 1. The molecule has 0 unspecified atom stereocenters. The maximum Gasteiger partial charge on any atom is 0.354 e. The zero-order valence-electron chi connectivity index (χ0n) is 13.2. The van der Waals surface area contributed by atoms with Crippen LogP contribution in [-0.4, -0.2) is 27.5 Å². The first-order chi connectivity index (χ1) is 10.6. The molecule has 1 aromatic carbocycles. The molecule has 0 aliphatic carbocycles. The molecule has 0 aliphatic rings. The second kappa shape index (κ2) is 8.67. The fourth-order valence-electron chi connectivity index (χ4n) is 1.81. The Kier molecular flexibility index (Phi) is 6.89. The van der Waals surface area contributed by atoms with E-state index in [0.717, 1.165) is 6.42 Å². The summed E-state index contributed by atoms with van der Waals surface area (Å²) in [6.45, 7) is 9.93. The van der Waals surface area contributed by atoms with Crippen molar-refractivity contribution in [2.75, 3.05) is 6.61 Å². The van der Waals surface area contributed by atoms with Crippen LogP contribution in [0.5, 0.6) is 5.75 Å². The van der Waals surface area contributed by atoms with Gasteiger partial charge in [-0.1, -0.05) is 26.0 Å². The maximum absolute atomic E-state index is 11.2. The molecule has 0 bridgehead atoms. The van der Waals surface area contributed by atoms with Crippen molar-refractivity contribution < 1.29 is 14.6 Å². The molecular weight excluding hydrogens is 280 g/mol. The van der Waals surface area contributed by atoms with E-state index in [9.17, 15) is 9.90 Å². The Bertz CT molecular complexity index is 633. The lowest BCUT2D eigenvalue weighted by molar-refractivity contribution is 0.0687. The Hall–Kier alpha value is -2.56. The monoisotopic (exact) mass is 302 g/mol. The molecule has 2 rings (SSSR count). The van der Waals surface area contributed by atoms with Gasteiger partial charge < -0.3 is 9.84 Å². The third kappa shape index (κ3) is 4.48. The highest BCUT2D eigenvalue weighted by Crippen LogP contribution is 2.19. The maximum atomic E-state index is 11.2. The minimum absolute atomic E-state index is 0.130. The quantitative estimate of drug-likeness (QED) is 0.650. The van der Waals surface area contributed by atoms with Crippen LogP contribution in [0, 0.1) is 6.92 Å². The van der Waals surface area contributed by atoms with Crippen molar-refractivity contribution in [3.8, 4) is 11.4 Å². The number of aromatic nitrogens is 2. The van der Waals surface area contributed by atoms with Crippen LogP contribution in [0.25, 0.3) is 5.69 Å². The van der Waals surface area contributed by atoms with Crippen LogP contribution in [0.15, 0.2) is 43.0 Å². The van der Waals surface area contributed by atoms with Crippen LogP contribution in [0.3, 0.4) is 0 Å². The number of rotatable bonds is 6. The second-order valence-corrected chi connectivity index (χ2v) is 4.31. The van der Waals surface area contributed by atoms with Gasteiger partial charge in [0.1, 0.15) is 5.75 Å². The summed E-state index contributed by atoms with van der Waals surface area (Å²) in [4.78, 5) is 11.2. The largest absolute Gasteiger partial charge is 0.493 e. The lowest BCUT2D eigenvalue weighted by atomic mass is 10.3. The summed E-state index contributed by atoms with van der Waals surface area (Å²) in [6, 6.07) is 8.72. The minimum Gasteiger partial charge on any atom is -0.493 e. The molecule has 0 amide bonds.